The average molecular weight is 306 g/mol. The quantitative estimate of drug-likeness (QED) is 0.799. The second-order valence-electron chi connectivity index (χ2n) is 5.34. The lowest BCUT2D eigenvalue weighted by Gasteiger charge is -2.32. The fourth-order valence-electron chi connectivity index (χ4n) is 2.50. The highest BCUT2D eigenvalue weighted by Crippen LogP contribution is 2.19. The number of hydrogen-bond acceptors (Lipinski definition) is 4. The fourth-order valence-corrected chi connectivity index (χ4v) is 2.50. The molecule has 0 saturated carbocycles. The molecule has 0 spiro atoms. The van der Waals surface area contributed by atoms with Crippen molar-refractivity contribution >= 4 is 12.0 Å². The minimum atomic E-state index is -0.374. The van der Waals surface area contributed by atoms with Crippen molar-refractivity contribution in [3.8, 4) is 0 Å². The Morgan fingerprint density at radius 2 is 2.05 bits per heavy atom. The Hall–Kier alpha value is -2.08. The van der Waals surface area contributed by atoms with Crippen LogP contribution >= 0.6 is 0 Å². The third-order valence-corrected chi connectivity index (χ3v) is 3.82. The highest BCUT2D eigenvalue weighted by atomic mass is 16.7. The van der Waals surface area contributed by atoms with Crippen LogP contribution in [0.4, 0.5) is 4.79 Å². The molecule has 0 aliphatic carbocycles. The van der Waals surface area contributed by atoms with E-state index >= 15 is 0 Å². The first-order valence-electron chi connectivity index (χ1n) is 7.39. The van der Waals surface area contributed by atoms with Crippen LogP contribution in [0.5, 0.6) is 0 Å². The molecule has 6 heteroatoms. The monoisotopic (exact) mass is 306 g/mol. The van der Waals surface area contributed by atoms with Crippen molar-refractivity contribution in [2.45, 2.75) is 19.4 Å². The normalized spacial score (nSPS) is 17.9. The predicted molar refractivity (Wildman–Crippen MR) is 80.7 cm³/mol. The van der Waals surface area contributed by atoms with E-state index in [1.807, 2.05) is 30.3 Å². The molecule has 2 rings (SSSR count). The topological polar surface area (TPSA) is 59.1 Å². The van der Waals surface area contributed by atoms with Gasteiger partial charge in [-0.2, -0.15) is 0 Å². The van der Waals surface area contributed by atoms with Gasteiger partial charge in [0.2, 0.25) is 0 Å². The van der Waals surface area contributed by atoms with E-state index in [0.717, 1.165) is 18.4 Å². The van der Waals surface area contributed by atoms with Gasteiger partial charge in [0.15, 0.2) is 0 Å². The Kier molecular flexibility index (Phi) is 5.77. The maximum atomic E-state index is 12.1. The lowest BCUT2D eigenvalue weighted by molar-refractivity contribution is -0.174. The van der Waals surface area contributed by atoms with Crippen LogP contribution in [0.15, 0.2) is 30.3 Å². The molecule has 0 bridgehead atoms. The van der Waals surface area contributed by atoms with E-state index < -0.39 is 0 Å². The Labute approximate surface area is 130 Å². The van der Waals surface area contributed by atoms with Crippen LogP contribution < -0.4 is 0 Å². The molecule has 0 N–H and O–H groups in total. The second-order valence-corrected chi connectivity index (χ2v) is 5.34. The van der Waals surface area contributed by atoms with Gasteiger partial charge in [0.05, 0.1) is 13.0 Å². The molecular formula is C16H22N2O4. The lowest BCUT2D eigenvalue weighted by Crippen LogP contribution is -2.45. The molecule has 1 aliphatic heterocycles. The molecule has 120 valence electrons. The standard InChI is InChI=1S/C16H22N2O4/c1-17(21-2)15(19)14-9-6-10-18(11-14)16(20)22-12-13-7-4-3-5-8-13/h3-5,7-8,14H,6,9-12H2,1-2H3/t14-/m1/s1. The Balaban J connectivity index is 1.86. The lowest BCUT2D eigenvalue weighted by atomic mass is 9.97. The third-order valence-electron chi connectivity index (χ3n) is 3.82. The first-order valence-corrected chi connectivity index (χ1v) is 7.39. The van der Waals surface area contributed by atoms with Crippen molar-refractivity contribution < 1.29 is 19.2 Å². The van der Waals surface area contributed by atoms with Crippen LogP contribution in [0, 0.1) is 5.92 Å². The maximum Gasteiger partial charge on any atom is 0.410 e. The predicted octanol–water partition coefficient (Wildman–Crippen LogP) is 2.05. The summed E-state index contributed by atoms with van der Waals surface area (Å²) in [5.41, 5.74) is 0.944. The molecule has 1 aromatic rings. The van der Waals surface area contributed by atoms with Crippen LogP contribution in [0.2, 0.25) is 0 Å². The summed E-state index contributed by atoms with van der Waals surface area (Å²) in [4.78, 5) is 30.7. The van der Waals surface area contributed by atoms with E-state index in [-0.39, 0.29) is 24.5 Å². The van der Waals surface area contributed by atoms with Gasteiger partial charge in [-0.05, 0) is 18.4 Å². The van der Waals surface area contributed by atoms with Gasteiger partial charge in [0, 0.05) is 20.1 Å². The van der Waals surface area contributed by atoms with Gasteiger partial charge < -0.3 is 9.64 Å². The second kappa shape index (κ2) is 7.79. The van der Waals surface area contributed by atoms with E-state index in [1.165, 1.54) is 12.2 Å². The minimum Gasteiger partial charge on any atom is -0.445 e. The first-order chi connectivity index (χ1) is 10.6. The summed E-state index contributed by atoms with van der Waals surface area (Å²) in [6.07, 6.45) is 1.17. The van der Waals surface area contributed by atoms with Crippen LogP contribution in [0.25, 0.3) is 0 Å². The van der Waals surface area contributed by atoms with Gasteiger partial charge in [-0.25, -0.2) is 9.86 Å². The van der Waals surface area contributed by atoms with E-state index in [2.05, 4.69) is 0 Å². The smallest absolute Gasteiger partial charge is 0.410 e. The van der Waals surface area contributed by atoms with Crippen LogP contribution in [-0.2, 0) is 21.0 Å². The molecule has 22 heavy (non-hydrogen) atoms. The van der Waals surface area contributed by atoms with Gasteiger partial charge in [-0.3, -0.25) is 9.63 Å². The number of carbonyl (C=O) groups is 2. The highest BCUT2D eigenvalue weighted by molar-refractivity contribution is 5.79. The summed E-state index contributed by atoms with van der Waals surface area (Å²) in [5.74, 6) is -0.342. The number of hydroxylamine groups is 2. The van der Waals surface area contributed by atoms with Gasteiger partial charge in [-0.1, -0.05) is 30.3 Å². The first kappa shape index (κ1) is 16.3. The number of carbonyl (C=O) groups excluding carboxylic acids is 2. The highest BCUT2D eigenvalue weighted by Gasteiger charge is 2.31. The van der Waals surface area contributed by atoms with Gasteiger partial charge in [0.25, 0.3) is 5.91 Å². The summed E-state index contributed by atoms with van der Waals surface area (Å²) >= 11 is 0. The average Bonchev–Trinajstić information content (AvgIpc) is 2.59. The van der Waals surface area contributed by atoms with Crippen LogP contribution in [0.1, 0.15) is 18.4 Å². The molecule has 0 radical (unpaired) electrons. The SMILES string of the molecule is CON(C)C(=O)[C@@H]1CCCN(C(=O)OCc2ccccc2)C1. The zero-order chi connectivity index (χ0) is 15.9. The van der Waals surface area contributed by atoms with E-state index in [9.17, 15) is 9.59 Å². The molecule has 1 fully saturated rings. The summed E-state index contributed by atoms with van der Waals surface area (Å²) in [6.45, 7) is 1.24. The van der Waals surface area contributed by atoms with Gasteiger partial charge >= 0.3 is 6.09 Å². The van der Waals surface area contributed by atoms with Gasteiger partial charge in [0.1, 0.15) is 6.61 Å². The number of amides is 2. The largest absolute Gasteiger partial charge is 0.445 e. The van der Waals surface area contributed by atoms with Crippen LogP contribution in [0.3, 0.4) is 0 Å². The summed E-state index contributed by atoms with van der Waals surface area (Å²) in [5, 5.41) is 1.21. The number of benzene rings is 1. The van der Waals surface area contributed by atoms with Crippen molar-refractivity contribution in [2.24, 2.45) is 5.92 Å². The molecule has 1 atom stereocenters. The molecule has 2 amide bonds. The van der Waals surface area contributed by atoms with Gasteiger partial charge in [-0.15, -0.1) is 0 Å². The molecule has 0 unspecified atom stereocenters. The molecule has 1 aliphatic rings. The summed E-state index contributed by atoms with van der Waals surface area (Å²) < 4.78 is 5.31. The van der Waals surface area contributed by atoms with Crippen molar-refractivity contribution in [3.63, 3.8) is 0 Å². The van der Waals surface area contributed by atoms with Crippen molar-refractivity contribution in [2.75, 3.05) is 27.2 Å². The molecule has 0 aromatic heterocycles. The number of ether oxygens (including phenoxy) is 1. The number of likely N-dealkylation sites (tertiary alicyclic amines) is 1. The molecular weight excluding hydrogens is 284 g/mol. The van der Waals surface area contributed by atoms with Crippen molar-refractivity contribution in [1.29, 1.82) is 0 Å². The summed E-state index contributed by atoms with van der Waals surface area (Å²) in [7, 11) is 3.03. The molecule has 1 aromatic carbocycles. The molecule has 6 nitrogen and oxygen atoms in total. The third kappa shape index (κ3) is 4.21. The molecule has 1 heterocycles. The number of piperidine rings is 1. The Morgan fingerprint density at radius 1 is 1.32 bits per heavy atom. The van der Waals surface area contributed by atoms with E-state index in [0.29, 0.717) is 13.1 Å². The Morgan fingerprint density at radius 3 is 2.73 bits per heavy atom. The zero-order valence-corrected chi connectivity index (χ0v) is 13.0. The van der Waals surface area contributed by atoms with E-state index in [4.69, 9.17) is 9.57 Å². The van der Waals surface area contributed by atoms with E-state index in [1.54, 1.807) is 11.9 Å². The number of nitrogens with zero attached hydrogens (tertiary/aromatic N) is 2. The maximum absolute atomic E-state index is 12.1. The zero-order valence-electron chi connectivity index (χ0n) is 13.0. The number of hydrogen-bond donors (Lipinski definition) is 0. The van der Waals surface area contributed by atoms with Crippen LogP contribution in [-0.4, -0.2) is 49.2 Å². The Bertz CT molecular complexity index is 506. The fraction of sp³-hybridized carbons (Fsp3) is 0.500. The van der Waals surface area contributed by atoms with Crippen molar-refractivity contribution in [1.82, 2.24) is 9.96 Å². The number of rotatable bonds is 4. The summed E-state index contributed by atoms with van der Waals surface area (Å²) in [6, 6.07) is 9.53. The molecule has 1 saturated heterocycles. The van der Waals surface area contributed by atoms with Crippen molar-refractivity contribution in [3.05, 3.63) is 35.9 Å². The minimum absolute atomic E-state index is 0.108.